The summed E-state index contributed by atoms with van der Waals surface area (Å²) in [7, 11) is 0. The van der Waals surface area contributed by atoms with Gasteiger partial charge in [-0.05, 0) is 41.9 Å². The summed E-state index contributed by atoms with van der Waals surface area (Å²) >= 11 is 9.16. The number of hydrogen-bond acceptors (Lipinski definition) is 3. The molecular weight excluding hydrogens is 332 g/mol. The van der Waals surface area contributed by atoms with E-state index < -0.39 is 0 Å². The highest BCUT2D eigenvalue weighted by atomic mass is 79.9. The Morgan fingerprint density at radius 2 is 2.37 bits per heavy atom. The first kappa shape index (κ1) is 14.8. The van der Waals surface area contributed by atoms with Gasteiger partial charge in [-0.25, -0.2) is 4.98 Å². The number of rotatable bonds is 2. The zero-order chi connectivity index (χ0) is 14.0. The number of pyridine rings is 1. The average molecular weight is 348 g/mol. The van der Waals surface area contributed by atoms with Gasteiger partial charge in [-0.15, -0.1) is 11.6 Å². The monoisotopic (exact) mass is 346 g/mol. The first-order valence-corrected chi connectivity index (χ1v) is 7.38. The molecule has 1 aromatic rings. The topological polar surface area (TPSA) is 42.4 Å². The lowest BCUT2D eigenvalue weighted by Gasteiger charge is -2.42. The van der Waals surface area contributed by atoms with Crippen LogP contribution in [0.15, 0.2) is 22.8 Å². The summed E-state index contributed by atoms with van der Waals surface area (Å²) in [6.07, 6.45) is 1.49. The first-order chi connectivity index (χ1) is 8.91. The van der Waals surface area contributed by atoms with E-state index in [0.717, 1.165) is 4.47 Å². The number of amides is 1. The smallest absolute Gasteiger partial charge is 0.272 e. The van der Waals surface area contributed by atoms with E-state index in [9.17, 15) is 4.79 Å². The zero-order valence-electron chi connectivity index (χ0n) is 10.9. The van der Waals surface area contributed by atoms with Crippen molar-refractivity contribution in [3.05, 3.63) is 28.5 Å². The van der Waals surface area contributed by atoms with Crippen molar-refractivity contribution in [2.45, 2.75) is 25.6 Å². The highest BCUT2D eigenvalue weighted by Gasteiger charge is 2.35. The van der Waals surface area contributed by atoms with Crippen molar-refractivity contribution in [1.82, 2.24) is 9.88 Å². The third kappa shape index (κ3) is 3.68. The molecule has 0 aliphatic carbocycles. The summed E-state index contributed by atoms with van der Waals surface area (Å²) in [6, 6.07) is 3.52. The molecule has 0 spiro atoms. The molecule has 1 aliphatic heterocycles. The fourth-order valence-corrected chi connectivity index (χ4v) is 2.59. The largest absolute Gasteiger partial charge is 0.367 e. The molecule has 2 heterocycles. The van der Waals surface area contributed by atoms with Gasteiger partial charge in [-0.2, -0.15) is 0 Å². The van der Waals surface area contributed by atoms with Crippen molar-refractivity contribution >= 4 is 33.4 Å². The second-order valence-corrected chi connectivity index (χ2v) is 6.43. The van der Waals surface area contributed by atoms with E-state index in [2.05, 4.69) is 20.9 Å². The van der Waals surface area contributed by atoms with Crippen molar-refractivity contribution in [2.75, 3.05) is 19.0 Å². The minimum Gasteiger partial charge on any atom is -0.367 e. The van der Waals surface area contributed by atoms with Gasteiger partial charge in [-0.1, -0.05) is 0 Å². The highest BCUT2D eigenvalue weighted by Crippen LogP contribution is 2.23. The molecule has 4 nitrogen and oxygen atoms in total. The summed E-state index contributed by atoms with van der Waals surface area (Å²) in [6.45, 7) is 4.96. The Balaban J connectivity index is 2.16. The Morgan fingerprint density at radius 3 is 2.95 bits per heavy atom. The lowest BCUT2D eigenvalue weighted by molar-refractivity contribution is -0.117. The second-order valence-electron chi connectivity index (χ2n) is 5.20. The van der Waals surface area contributed by atoms with Crippen LogP contribution in [0.25, 0.3) is 0 Å². The number of halogens is 2. The normalized spacial score (nSPS) is 22.3. The maximum absolute atomic E-state index is 12.4. The number of nitrogens with zero attached hydrogens (tertiary/aromatic N) is 2. The van der Waals surface area contributed by atoms with E-state index in [1.165, 1.54) is 0 Å². The van der Waals surface area contributed by atoms with Gasteiger partial charge in [0.1, 0.15) is 5.69 Å². The van der Waals surface area contributed by atoms with E-state index in [-0.39, 0.29) is 17.6 Å². The van der Waals surface area contributed by atoms with Crippen molar-refractivity contribution in [3.8, 4) is 0 Å². The molecule has 1 fully saturated rings. The van der Waals surface area contributed by atoms with Gasteiger partial charge < -0.3 is 9.64 Å². The second kappa shape index (κ2) is 5.77. The molecule has 104 valence electrons. The van der Waals surface area contributed by atoms with Crippen LogP contribution in [0.5, 0.6) is 0 Å². The van der Waals surface area contributed by atoms with Gasteiger partial charge in [0.15, 0.2) is 0 Å². The Bertz CT molecular complexity index is 464. The molecular formula is C13H16BrClN2O2. The van der Waals surface area contributed by atoms with Gasteiger partial charge in [0, 0.05) is 23.8 Å². The molecule has 2 rings (SSSR count). The highest BCUT2D eigenvalue weighted by molar-refractivity contribution is 9.10. The molecule has 0 radical (unpaired) electrons. The van der Waals surface area contributed by atoms with Gasteiger partial charge in [0.2, 0.25) is 0 Å². The SMILES string of the molecule is CC1(C)CN(C(=O)c2ccc(Br)cn2)CC(CCl)O1. The first-order valence-electron chi connectivity index (χ1n) is 6.06. The standard InChI is InChI=1S/C13H16BrClN2O2/c1-13(2)8-17(7-10(5-15)19-13)12(18)11-4-3-9(14)6-16-11/h3-4,6,10H,5,7-8H2,1-2H3. The van der Waals surface area contributed by atoms with Gasteiger partial charge in [0.05, 0.1) is 17.6 Å². The van der Waals surface area contributed by atoms with E-state index in [4.69, 9.17) is 16.3 Å². The summed E-state index contributed by atoms with van der Waals surface area (Å²) < 4.78 is 6.66. The van der Waals surface area contributed by atoms with Crippen LogP contribution in [-0.2, 0) is 4.74 Å². The van der Waals surface area contributed by atoms with Gasteiger partial charge in [-0.3, -0.25) is 4.79 Å². The summed E-state index contributed by atoms with van der Waals surface area (Å²) in [4.78, 5) is 18.3. The predicted molar refractivity (Wildman–Crippen MR) is 77.5 cm³/mol. The fourth-order valence-electron chi connectivity index (χ4n) is 2.20. The molecule has 1 aromatic heterocycles. The van der Waals surface area contributed by atoms with Crippen molar-refractivity contribution in [1.29, 1.82) is 0 Å². The number of morpholine rings is 1. The minimum absolute atomic E-state index is 0.0843. The fraction of sp³-hybridized carbons (Fsp3) is 0.538. The number of carbonyl (C=O) groups is 1. The van der Waals surface area contributed by atoms with Crippen LogP contribution in [0.4, 0.5) is 0 Å². The molecule has 1 amide bonds. The lowest BCUT2D eigenvalue weighted by Crippen LogP contribution is -2.55. The summed E-state index contributed by atoms with van der Waals surface area (Å²) in [5.41, 5.74) is 0.0530. The van der Waals surface area contributed by atoms with Crippen molar-refractivity contribution in [2.24, 2.45) is 0 Å². The van der Waals surface area contributed by atoms with Crippen LogP contribution in [0.2, 0.25) is 0 Å². The van der Waals surface area contributed by atoms with Crippen LogP contribution in [0, 0.1) is 0 Å². The molecule has 1 saturated heterocycles. The predicted octanol–water partition coefficient (Wildman–Crippen LogP) is 2.70. The molecule has 6 heteroatoms. The molecule has 1 atom stereocenters. The van der Waals surface area contributed by atoms with E-state index >= 15 is 0 Å². The molecule has 0 saturated carbocycles. The zero-order valence-corrected chi connectivity index (χ0v) is 13.2. The Morgan fingerprint density at radius 1 is 1.63 bits per heavy atom. The molecule has 1 unspecified atom stereocenters. The number of aromatic nitrogens is 1. The average Bonchev–Trinajstić information content (AvgIpc) is 2.37. The quantitative estimate of drug-likeness (QED) is 0.773. The van der Waals surface area contributed by atoms with Gasteiger partial charge >= 0.3 is 0 Å². The van der Waals surface area contributed by atoms with Crippen molar-refractivity contribution in [3.63, 3.8) is 0 Å². The molecule has 0 aromatic carbocycles. The van der Waals surface area contributed by atoms with Crippen molar-refractivity contribution < 1.29 is 9.53 Å². The van der Waals surface area contributed by atoms with Crippen LogP contribution < -0.4 is 0 Å². The molecule has 0 bridgehead atoms. The van der Waals surface area contributed by atoms with E-state index in [1.54, 1.807) is 17.2 Å². The number of alkyl halides is 1. The Labute approximate surface area is 126 Å². The number of hydrogen-bond donors (Lipinski definition) is 0. The van der Waals surface area contributed by atoms with E-state index in [1.807, 2.05) is 19.9 Å². The maximum Gasteiger partial charge on any atom is 0.272 e. The summed E-state index contributed by atoms with van der Waals surface area (Å²) in [5, 5.41) is 0. The van der Waals surface area contributed by atoms with Crippen LogP contribution in [0.3, 0.4) is 0 Å². The number of ether oxygens (including phenoxy) is 1. The summed E-state index contributed by atoms with van der Waals surface area (Å²) in [5.74, 6) is 0.292. The van der Waals surface area contributed by atoms with Crippen LogP contribution >= 0.6 is 27.5 Å². The maximum atomic E-state index is 12.4. The lowest BCUT2D eigenvalue weighted by atomic mass is 10.1. The third-order valence-electron chi connectivity index (χ3n) is 2.89. The molecule has 0 N–H and O–H groups in total. The van der Waals surface area contributed by atoms with Crippen LogP contribution in [0.1, 0.15) is 24.3 Å². The Kier molecular flexibility index (Phi) is 4.48. The minimum atomic E-state index is -0.386. The molecule has 1 aliphatic rings. The van der Waals surface area contributed by atoms with E-state index in [0.29, 0.717) is 24.7 Å². The van der Waals surface area contributed by atoms with Gasteiger partial charge in [0.25, 0.3) is 5.91 Å². The molecule has 19 heavy (non-hydrogen) atoms. The third-order valence-corrected chi connectivity index (χ3v) is 3.70. The number of carbonyl (C=O) groups excluding carboxylic acids is 1. The Hall–Kier alpha value is -0.650. The van der Waals surface area contributed by atoms with Crippen LogP contribution in [-0.4, -0.2) is 46.5 Å².